The van der Waals surface area contributed by atoms with Gasteiger partial charge in [0.2, 0.25) is 5.91 Å². The molecule has 0 radical (unpaired) electrons. The molecule has 0 spiro atoms. The minimum absolute atomic E-state index is 0.368. The molecule has 0 aliphatic heterocycles. The van der Waals surface area contributed by atoms with Gasteiger partial charge in [-0.2, -0.15) is 0 Å². The number of aliphatic hydroxyl groups excluding tert-OH is 4. The van der Waals surface area contributed by atoms with Gasteiger partial charge in [0.15, 0.2) is 0 Å². The van der Waals surface area contributed by atoms with Gasteiger partial charge in [0.25, 0.3) is 0 Å². The van der Waals surface area contributed by atoms with Crippen molar-refractivity contribution in [1.82, 2.24) is 5.32 Å². The molecule has 1 amide bonds. The third-order valence-corrected chi connectivity index (χ3v) is 11.2. The Morgan fingerprint density at radius 1 is 0.453 bits per heavy atom. The molecule has 0 rings (SSSR count). The molecule has 4 unspecified atom stereocenters. The van der Waals surface area contributed by atoms with Crippen LogP contribution in [0.1, 0.15) is 251 Å². The minimum Gasteiger partial charge on any atom is -0.394 e. The lowest BCUT2D eigenvalue weighted by molar-refractivity contribution is -0.132. The van der Waals surface area contributed by atoms with E-state index in [1.165, 1.54) is 186 Å². The number of unbranched alkanes of at least 4 members (excludes halogenated alkanes) is 32. The van der Waals surface area contributed by atoms with Crippen LogP contribution in [0.25, 0.3) is 0 Å². The maximum atomic E-state index is 12.5. The number of nitrogens with one attached hydrogen (secondary N) is 1. The molecule has 0 fully saturated rings. The van der Waals surface area contributed by atoms with Crippen molar-refractivity contribution in [3.8, 4) is 0 Å². The molecule has 0 saturated carbocycles. The van der Waals surface area contributed by atoms with E-state index in [4.69, 9.17) is 0 Å². The molecule has 0 aromatic heterocycles. The first-order chi connectivity index (χ1) is 26.0. The monoisotopic (exact) mass is 752 g/mol. The standard InChI is InChI=1S/C47H93NO5/c1-3-5-7-9-11-13-14-15-16-17-18-19-20-21-22-23-24-25-26-27-28-29-30-31-33-35-37-39-41-45(51)47(53)48-43(42-49)46(52)44(50)40-38-36-34-32-12-10-8-6-4-2/h32,34,43-46,49-52H,3-31,33,35-42H2,1-2H3,(H,48,53)/b34-32+. The number of allylic oxidation sites excluding steroid dienone is 2. The van der Waals surface area contributed by atoms with E-state index in [0.29, 0.717) is 12.8 Å². The number of carbonyl (C=O) groups is 1. The van der Waals surface area contributed by atoms with E-state index in [2.05, 4.69) is 31.3 Å². The van der Waals surface area contributed by atoms with E-state index < -0.39 is 36.9 Å². The van der Waals surface area contributed by atoms with E-state index in [1.54, 1.807) is 0 Å². The molecule has 0 heterocycles. The van der Waals surface area contributed by atoms with Crippen molar-refractivity contribution in [1.29, 1.82) is 0 Å². The number of rotatable bonds is 43. The summed E-state index contributed by atoms with van der Waals surface area (Å²) in [6, 6.07) is -0.995. The second-order valence-corrected chi connectivity index (χ2v) is 16.5. The molecule has 6 nitrogen and oxygen atoms in total. The average Bonchev–Trinajstić information content (AvgIpc) is 3.16. The molecule has 316 valence electrons. The summed E-state index contributed by atoms with van der Waals surface area (Å²) in [5, 5.41) is 43.5. The van der Waals surface area contributed by atoms with Crippen molar-refractivity contribution in [2.45, 2.75) is 276 Å². The van der Waals surface area contributed by atoms with Crippen LogP contribution in [0.5, 0.6) is 0 Å². The SMILES string of the molecule is CCCCCC/C=C/CCCC(O)C(O)C(CO)NC(=O)C(O)CCCCCCCCCCCCCCCCCCCCCCCCCCCCCC. The van der Waals surface area contributed by atoms with Crippen molar-refractivity contribution in [3.63, 3.8) is 0 Å². The number of amides is 1. The van der Waals surface area contributed by atoms with Gasteiger partial charge in [-0.25, -0.2) is 0 Å². The lowest BCUT2D eigenvalue weighted by Gasteiger charge is -2.27. The lowest BCUT2D eigenvalue weighted by atomic mass is 10.00. The fraction of sp³-hybridized carbons (Fsp3) is 0.936. The quantitative estimate of drug-likeness (QED) is 0.0315. The average molecular weight is 752 g/mol. The normalized spacial score (nSPS) is 14.2. The Kier molecular flexibility index (Phi) is 41.4. The number of aliphatic hydroxyl groups is 4. The molecular formula is C47H93NO5. The van der Waals surface area contributed by atoms with Crippen LogP contribution in [0, 0.1) is 0 Å². The molecule has 0 aromatic carbocycles. The van der Waals surface area contributed by atoms with E-state index in [9.17, 15) is 25.2 Å². The maximum Gasteiger partial charge on any atom is 0.249 e. The lowest BCUT2D eigenvalue weighted by Crippen LogP contribution is -2.53. The third-order valence-electron chi connectivity index (χ3n) is 11.2. The summed E-state index contributed by atoms with van der Waals surface area (Å²) in [5.41, 5.74) is 0. The van der Waals surface area contributed by atoms with Gasteiger partial charge in [0, 0.05) is 0 Å². The number of carbonyl (C=O) groups excluding carboxylic acids is 1. The Bertz CT molecular complexity index is 761. The Balaban J connectivity index is 3.55. The first-order valence-corrected chi connectivity index (χ1v) is 23.6. The van der Waals surface area contributed by atoms with Gasteiger partial charge >= 0.3 is 0 Å². The van der Waals surface area contributed by atoms with Crippen LogP contribution in [-0.2, 0) is 4.79 Å². The molecule has 0 aliphatic carbocycles. The van der Waals surface area contributed by atoms with E-state index in [0.717, 1.165) is 38.5 Å². The summed E-state index contributed by atoms with van der Waals surface area (Å²) in [7, 11) is 0. The number of hydrogen-bond acceptors (Lipinski definition) is 5. The molecular weight excluding hydrogens is 659 g/mol. The van der Waals surface area contributed by atoms with Gasteiger partial charge in [-0.15, -0.1) is 0 Å². The van der Waals surface area contributed by atoms with E-state index in [-0.39, 0.29) is 0 Å². The van der Waals surface area contributed by atoms with Crippen molar-refractivity contribution in [2.24, 2.45) is 0 Å². The first kappa shape index (κ1) is 52.0. The largest absolute Gasteiger partial charge is 0.394 e. The van der Waals surface area contributed by atoms with E-state index in [1.807, 2.05) is 0 Å². The molecule has 0 aliphatic rings. The predicted octanol–water partition coefficient (Wildman–Crippen LogP) is 12.6. The van der Waals surface area contributed by atoms with Crippen LogP contribution in [-0.4, -0.2) is 57.3 Å². The summed E-state index contributed by atoms with van der Waals surface area (Å²) >= 11 is 0. The van der Waals surface area contributed by atoms with Gasteiger partial charge in [-0.05, 0) is 38.5 Å². The summed E-state index contributed by atoms with van der Waals surface area (Å²) in [6.45, 7) is 4.01. The second-order valence-electron chi connectivity index (χ2n) is 16.5. The highest BCUT2D eigenvalue weighted by molar-refractivity contribution is 5.80. The fourth-order valence-corrected chi connectivity index (χ4v) is 7.46. The van der Waals surface area contributed by atoms with Crippen molar-refractivity contribution in [2.75, 3.05) is 6.61 Å². The van der Waals surface area contributed by atoms with Crippen molar-refractivity contribution >= 4 is 5.91 Å². The van der Waals surface area contributed by atoms with Crippen LogP contribution in [0.3, 0.4) is 0 Å². The van der Waals surface area contributed by atoms with Crippen LogP contribution >= 0.6 is 0 Å². The predicted molar refractivity (Wildman–Crippen MR) is 228 cm³/mol. The number of hydrogen-bond donors (Lipinski definition) is 5. The van der Waals surface area contributed by atoms with Crippen molar-refractivity contribution < 1.29 is 25.2 Å². The molecule has 53 heavy (non-hydrogen) atoms. The van der Waals surface area contributed by atoms with E-state index >= 15 is 0 Å². The van der Waals surface area contributed by atoms with Crippen LogP contribution in [0.2, 0.25) is 0 Å². The zero-order valence-electron chi connectivity index (χ0n) is 35.5. The van der Waals surface area contributed by atoms with Gasteiger partial charge in [0.05, 0.1) is 18.8 Å². The Labute approximate surface area is 330 Å². The zero-order chi connectivity index (χ0) is 38.9. The van der Waals surface area contributed by atoms with Crippen LogP contribution < -0.4 is 5.32 Å². The summed E-state index contributed by atoms with van der Waals surface area (Å²) in [6.07, 6.45) is 47.1. The van der Waals surface area contributed by atoms with Crippen LogP contribution in [0.4, 0.5) is 0 Å². The fourth-order valence-electron chi connectivity index (χ4n) is 7.46. The Morgan fingerprint density at radius 2 is 0.774 bits per heavy atom. The Morgan fingerprint density at radius 3 is 1.13 bits per heavy atom. The second kappa shape index (κ2) is 42.2. The van der Waals surface area contributed by atoms with Gasteiger partial charge in [-0.1, -0.05) is 225 Å². The third kappa shape index (κ3) is 36.4. The van der Waals surface area contributed by atoms with Crippen molar-refractivity contribution in [3.05, 3.63) is 12.2 Å². The molecule has 5 N–H and O–H groups in total. The minimum atomic E-state index is -1.28. The van der Waals surface area contributed by atoms with Gasteiger partial charge in [-0.3, -0.25) is 4.79 Å². The summed E-state index contributed by atoms with van der Waals surface area (Å²) in [5.74, 6) is -0.591. The maximum absolute atomic E-state index is 12.5. The topological polar surface area (TPSA) is 110 Å². The highest BCUT2D eigenvalue weighted by Gasteiger charge is 2.28. The molecule has 4 atom stereocenters. The smallest absolute Gasteiger partial charge is 0.249 e. The Hall–Kier alpha value is -0.950. The summed E-state index contributed by atoms with van der Waals surface area (Å²) < 4.78 is 0. The van der Waals surface area contributed by atoms with Gasteiger partial charge in [0.1, 0.15) is 12.2 Å². The first-order valence-electron chi connectivity index (χ1n) is 23.6. The molecule has 0 bridgehead atoms. The molecule has 0 saturated heterocycles. The highest BCUT2D eigenvalue weighted by Crippen LogP contribution is 2.17. The van der Waals surface area contributed by atoms with Gasteiger partial charge < -0.3 is 25.7 Å². The van der Waals surface area contributed by atoms with Crippen LogP contribution in [0.15, 0.2) is 12.2 Å². The zero-order valence-corrected chi connectivity index (χ0v) is 35.5. The molecule has 6 heteroatoms. The molecule has 0 aromatic rings. The highest BCUT2D eigenvalue weighted by atomic mass is 16.3. The summed E-state index contributed by atoms with van der Waals surface area (Å²) in [4.78, 5) is 12.5.